The molecule has 2 fully saturated rings. The lowest BCUT2D eigenvalue weighted by Gasteiger charge is -2.52. The Morgan fingerprint density at radius 3 is 2.18 bits per heavy atom. The van der Waals surface area contributed by atoms with Crippen molar-refractivity contribution < 1.29 is 22.7 Å². The van der Waals surface area contributed by atoms with Crippen molar-refractivity contribution in [1.29, 1.82) is 0 Å². The third-order valence-corrected chi connectivity index (χ3v) is 8.36. The number of carbonyl (C=O) groups is 1. The largest absolute Gasteiger partial charge is 0.416 e. The summed E-state index contributed by atoms with van der Waals surface area (Å²) in [6, 6.07) is 5.52. The highest BCUT2D eigenvalue weighted by Gasteiger charge is 2.41. The number of piperidine rings is 1. The van der Waals surface area contributed by atoms with E-state index in [1.807, 2.05) is 18.7 Å². The monoisotopic (exact) mass is 569 g/mol. The highest BCUT2D eigenvalue weighted by atomic mass is 35.5. The van der Waals surface area contributed by atoms with E-state index < -0.39 is 11.7 Å². The van der Waals surface area contributed by atoms with Gasteiger partial charge in [-0.05, 0) is 58.2 Å². The molecule has 0 spiro atoms. The number of piperazine rings is 1. The molecular weight excluding hydrogens is 531 g/mol. The highest BCUT2D eigenvalue weighted by Crippen LogP contribution is 2.35. The van der Waals surface area contributed by atoms with Gasteiger partial charge in [-0.15, -0.1) is 12.4 Å². The van der Waals surface area contributed by atoms with Gasteiger partial charge < -0.3 is 9.64 Å². The number of hydrogen-bond donors (Lipinski definition) is 0. The van der Waals surface area contributed by atoms with E-state index in [9.17, 15) is 18.0 Å². The average Bonchev–Trinajstić information content (AvgIpc) is 2.87. The Bertz CT molecular complexity index is 1100. The third kappa shape index (κ3) is 6.73. The minimum Gasteiger partial charge on any atom is -0.383 e. The maximum absolute atomic E-state index is 13.2. The molecule has 2 aliphatic heterocycles. The van der Waals surface area contributed by atoms with Gasteiger partial charge in [0.05, 0.1) is 35.2 Å². The number of aromatic nitrogens is 2. The maximum atomic E-state index is 13.2. The van der Waals surface area contributed by atoms with Crippen LogP contribution in [-0.4, -0.2) is 88.6 Å². The lowest BCUT2D eigenvalue weighted by Crippen LogP contribution is -2.62. The molecule has 2 saturated heterocycles. The number of ether oxygens (including phenoxy) is 1. The second kappa shape index (κ2) is 12.5. The van der Waals surface area contributed by atoms with Gasteiger partial charge in [0, 0.05) is 51.4 Å². The van der Waals surface area contributed by atoms with Crippen molar-refractivity contribution in [2.24, 2.45) is 0 Å². The molecule has 0 unspecified atom stereocenters. The molecule has 39 heavy (non-hydrogen) atoms. The number of likely N-dealkylation sites (tertiary alicyclic amines) is 1. The molecule has 0 N–H and O–H groups in total. The van der Waals surface area contributed by atoms with Gasteiger partial charge in [-0.25, -0.2) is 9.97 Å². The van der Waals surface area contributed by atoms with Crippen LogP contribution in [0.5, 0.6) is 0 Å². The van der Waals surface area contributed by atoms with Crippen LogP contribution >= 0.6 is 12.4 Å². The summed E-state index contributed by atoms with van der Waals surface area (Å²) in [6.45, 7) is 12.4. The molecule has 3 heterocycles. The number of amides is 1. The van der Waals surface area contributed by atoms with Gasteiger partial charge in [0.15, 0.2) is 0 Å². The molecule has 2 aromatic rings. The standard InChI is InChI=1S/C28H38F3N5O2.ClH/c1-19-16-35(14-15-36(19)24(17-38-5)22-6-8-23(9-7-22)28(29,30)31)27(4)10-12-34(13-11-27)26(37)25-20(2)32-18-33-21(25)3;/h6-9,18-19,24H,10-17H2,1-5H3;1H/t19-,24-;/m0./s1. The summed E-state index contributed by atoms with van der Waals surface area (Å²) in [5, 5.41) is 0. The van der Waals surface area contributed by atoms with Crippen LogP contribution in [-0.2, 0) is 10.9 Å². The minimum atomic E-state index is -4.35. The molecule has 1 aromatic carbocycles. The van der Waals surface area contributed by atoms with Crippen LogP contribution < -0.4 is 0 Å². The van der Waals surface area contributed by atoms with Crippen LogP contribution in [0.4, 0.5) is 13.2 Å². The number of hydrogen-bond acceptors (Lipinski definition) is 6. The lowest BCUT2D eigenvalue weighted by molar-refractivity contribution is -0.137. The topological polar surface area (TPSA) is 61.8 Å². The summed E-state index contributed by atoms with van der Waals surface area (Å²) in [7, 11) is 1.62. The predicted octanol–water partition coefficient (Wildman–Crippen LogP) is 4.92. The van der Waals surface area contributed by atoms with E-state index in [0.29, 0.717) is 36.6 Å². The number of nitrogens with zero attached hydrogens (tertiary/aromatic N) is 5. The fourth-order valence-corrected chi connectivity index (χ4v) is 5.93. The van der Waals surface area contributed by atoms with Crippen molar-refractivity contribution >= 4 is 18.3 Å². The van der Waals surface area contributed by atoms with Gasteiger partial charge >= 0.3 is 6.18 Å². The fourth-order valence-electron chi connectivity index (χ4n) is 5.93. The molecule has 0 saturated carbocycles. The number of aryl methyl sites for hydroxylation is 2. The van der Waals surface area contributed by atoms with Crippen molar-refractivity contribution in [3.05, 3.63) is 58.7 Å². The Labute approximate surface area is 235 Å². The number of benzene rings is 1. The first kappa shape index (κ1) is 31.3. The highest BCUT2D eigenvalue weighted by molar-refractivity contribution is 5.96. The summed E-state index contributed by atoms with van der Waals surface area (Å²) in [6.07, 6.45) is -1.12. The molecule has 0 aliphatic carbocycles. The summed E-state index contributed by atoms with van der Waals surface area (Å²) in [5.74, 6) is -0.000198. The second-order valence-electron chi connectivity index (χ2n) is 10.8. The quantitative estimate of drug-likeness (QED) is 0.492. The van der Waals surface area contributed by atoms with Gasteiger partial charge in [0.2, 0.25) is 0 Å². The van der Waals surface area contributed by atoms with Crippen LogP contribution in [0.2, 0.25) is 0 Å². The molecule has 4 rings (SSSR count). The Morgan fingerprint density at radius 1 is 1.08 bits per heavy atom. The van der Waals surface area contributed by atoms with Gasteiger partial charge in [-0.2, -0.15) is 13.2 Å². The van der Waals surface area contributed by atoms with Gasteiger partial charge in [0.1, 0.15) is 6.33 Å². The first-order chi connectivity index (χ1) is 17.9. The van der Waals surface area contributed by atoms with Crippen molar-refractivity contribution in [2.45, 2.75) is 64.3 Å². The number of alkyl halides is 3. The third-order valence-electron chi connectivity index (χ3n) is 8.36. The van der Waals surface area contributed by atoms with E-state index in [-0.39, 0.29) is 35.9 Å². The summed E-state index contributed by atoms with van der Waals surface area (Å²) < 4.78 is 44.7. The van der Waals surface area contributed by atoms with Crippen LogP contribution in [0.25, 0.3) is 0 Å². The Morgan fingerprint density at radius 2 is 1.67 bits per heavy atom. The molecular formula is C28H39ClF3N5O2. The van der Waals surface area contributed by atoms with Crippen LogP contribution in [0.15, 0.2) is 30.6 Å². The summed E-state index contributed by atoms with van der Waals surface area (Å²) in [5.41, 5.74) is 2.18. The van der Waals surface area contributed by atoms with E-state index in [1.54, 1.807) is 19.2 Å². The molecule has 11 heteroatoms. The predicted molar refractivity (Wildman–Crippen MR) is 146 cm³/mol. The molecule has 2 atom stereocenters. The first-order valence-corrected chi connectivity index (χ1v) is 13.2. The smallest absolute Gasteiger partial charge is 0.383 e. The zero-order valence-corrected chi connectivity index (χ0v) is 24.1. The zero-order chi connectivity index (χ0) is 27.7. The zero-order valence-electron chi connectivity index (χ0n) is 23.3. The van der Waals surface area contributed by atoms with Crippen molar-refractivity contribution in [1.82, 2.24) is 24.7 Å². The van der Waals surface area contributed by atoms with Crippen LogP contribution in [0, 0.1) is 13.8 Å². The number of carbonyl (C=O) groups excluding carboxylic acids is 1. The van der Waals surface area contributed by atoms with Crippen molar-refractivity contribution in [3.8, 4) is 0 Å². The summed E-state index contributed by atoms with van der Waals surface area (Å²) >= 11 is 0. The minimum absolute atomic E-state index is 0. The van der Waals surface area contributed by atoms with E-state index in [1.165, 1.54) is 6.33 Å². The Kier molecular flexibility index (Phi) is 10.0. The molecule has 7 nitrogen and oxygen atoms in total. The number of rotatable bonds is 6. The van der Waals surface area contributed by atoms with Crippen molar-refractivity contribution in [3.63, 3.8) is 0 Å². The number of methoxy groups -OCH3 is 1. The second-order valence-corrected chi connectivity index (χ2v) is 10.8. The molecule has 0 radical (unpaired) electrons. The first-order valence-electron chi connectivity index (χ1n) is 13.2. The van der Waals surface area contributed by atoms with E-state index in [4.69, 9.17) is 4.74 Å². The van der Waals surface area contributed by atoms with E-state index >= 15 is 0 Å². The van der Waals surface area contributed by atoms with Crippen LogP contribution in [0.3, 0.4) is 0 Å². The van der Waals surface area contributed by atoms with Crippen LogP contribution in [0.1, 0.15) is 65.6 Å². The Hall–Kier alpha value is -2.27. The van der Waals surface area contributed by atoms with Gasteiger partial charge in [0.25, 0.3) is 5.91 Å². The van der Waals surface area contributed by atoms with E-state index in [2.05, 4.69) is 33.6 Å². The number of halogens is 4. The van der Waals surface area contributed by atoms with Gasteiger partial charge in [-0.3, -0.25) is 14.6 Å². The maximum Gasteiger partial charge on any atom is 0.416 e. The van der Waals surface area contributed by atoms with E-state index in [0.717, 1.165) is 50.2 Å². The normalized spacial score (nSPS) is 21.3. The molecule has 1 aromatic heterocycles. The molecule has 0 bridgehead atoms. The fraction of sp³-hybridized carbons (Fsp3) is 0.607. The van der Waals surface area contributed by atoms with Gasteiger partial charge in [-0.1, -0.05) is 12.1 Å². The average molecular weight is 570 g/mol. The molecule has 2 aliphatic rings. The SMILES string of the molecule is COC[C@@H](c1ccc(C(F)(F)F)cc1)N1CCN(C2(C)CCN(C(=O)c3c(C)ncnc3C)CC2)C[C@@H]1C.Cl. The summed E-state index contributed by atoms with van der Waals surface area (Å²) in [4.78, 5) is 28.4. The lowest BCUT2D eigenvalue weighted by atomic mass is 9.86. The molecule has 216 valence electrons. The van der Waals surface area contributed by atoms with Crippen molar-refractivity contribution in [2.75, 3.05) is 46.4 Å². The molecule has 1 amide bonds. The Balaban J connectivity index is 0.00000420.